The van der Waals surface area contributed by atoms with Gasteiger partial charge in [0.2, 0.25) is 0 Å². The summed E-state index contributed by atoms with van der Waals surface area (Å²) in [6.45, 7) is 0.724. The van der Waals surface area contributed by atoms with Crippen LogP contribution in [0, 0.1) is 5.82 Å². The molecule has 2 nitrogen and oxygen atoms in total. The minimum absolute atomic E-state index is 0.145. The molecular weight excluding hydrogens is 259 g/mol. The maximum Gasteiger partial charge on any atom is 0.177 e. The van der Waals surface area contributed by atoms with E-state index in [9.17, 15) is 4.39 Å². The summed E-state index contributed by atoms with van der Waals surface area (Å²) in [7, 11) is 0. The van der Waals surface area contributed by atoms with Gasteiger partial charge in [0.05, 0.1) is 0 Å². The van der Waals surface area contributed by atoms with Gasteiger partial charge in [-0.25, -0.2) is 9.37 Å². The fourth-order valence-electron chi connectivity index (χ4n) is 1.42. The third-order valence-corrected chi connectivity index (χ3v) is 2.90. The smallest absolute Gasteiger partial charge is 0.177 e. The first-order chi connectivity index (χ1) is 7.27. The number of benzene rings is 1. The van der Waals surface area contributed by atoms with E-state index in [1.807, 2.05) is 16.8 Å². The van der Waals surface area contributed by atoms with E-state index < -0.39 is 0 Å². The lowest BCUT2D eigenvalue weighted by Crippen LogP contribution is -2.01. The largest absolute Gasteiger partial charge is 0.325 e. The first-order valence-electron chi connectivity index (χ1n) is 4.67. The van der Waals surface area contributed by atoms with E-state index in [0.29, 0.717) is 6.42 Å². The molecule has 0 radical (unpaired) electrons. The number of aryl methyl sites for hydroxylation is 2. The molecule has 0 atom stereocenters. The quantitative estimate of drug-likeness (QED) is 0.837. The van der Waals surface area contributed by atoms with Crippen molar-refractivity contribution in [2.24, 2.45) is 0 Å². The van der Waals surface area contributed by atoms with Gasteiger partial charge in [0.25, 0.3) is 0 Å². The number of hydrogen-bond donors (Lipinski definition) is 0. The predicted octanol–water partition coefficient (Wildman–Crippen LogP) is 3.03. The summed E-state index contributed by atoms with van der Waals surface area (Å²) in [4.78, 5) is 4.04. The van der Waals surface area contributed by atoms with Gasteiger partial charge < -0.3 is 4.57 Å². The summed E-state index contributed by atoms with van der Waals surface area (Å²) in [5.41, 5.74) is 0.734. The molecule has 0 saturated heterocycles. The molecule has 1 aromatic carbocycles. The summed E-state index contributed by atoms with van der Waals surface area (Å²) in [6, 6.07) is 6.84. The lowest BCUT2D eigenvalue weighted by atomic mass is 10.1. The Bertz CT molecular complexity index is 453. The summed E-state index contributed by atoms with van der Waals surface area (Å²) < 4.78 is 16.0. The van der Waals surface area contributed by atoms with E-state index in [2.05, 4.69) is 20.9 Å². The Hall–Kier alpha value is -1.16. The van der Waals surface area contributed by atoms with Gasteiger partial charge in [-0.15, -0.1) is 0 Å². The van der Waals surface area contributed by atoms with Gasteiger partial charge in [0, 0.05) is 18.9 Å². The van der Waals surface area contributed by atoms with Crippen molar-refractivity contribution in [3.8, 4) is 0 Å². The van der Waals surface area contributed by atoms with E-state index in [4.69, 9.17) is 0 Å². The van der Waals surface area contributed by atoms with Crippen molar-refractivity contribution in [3.05, 3.63) is 52.8 Å². The van der Waals surface area contributed by atoms with Crippen molar-refractivity contribution in [1.82, 2.24) is 9.55 Å². The van der Waals surface area contributed by atoms with Crippen LogP contribution in [0.3, 0.4) is 0 Å². The maximum atomic E-state index is 13.3. The molecule has 0 fully saturated rings. The fraction of sp³-hybridized carbons (Fsp3) is 0.182. The Morgan fingerprint density at radius 1 is 1.33 bits per heavy atom. The van der Waals surface area contributed by atoms with Crippen LogP contribution in [0.2, 0.25) is 0 Å². The second kappa shape index (κ2) is 4.57. The number of nitrogens with zero attached hydrogens (tertiary/aromatic N) is 2. The number of hydrogen-bond acceptors (Lipinski definition) is 1. The molecule has 78 valence electrons. The highest BCUT2D eigenvalue weighted by Gasteiger charge is 2.02. The summed E-state index contributed by atoms with van der Waals surface area (Å²) in [6.07, 6.45) is 4.25. The summed E-state index contributed by atoms with van der Waals surface area (Å²) >= 11 is 3.32. The molecule has 0 bridgehead atoms. The molecule has 1 aromatic heterocycles. The van der Waals surface area contributed by atoms with Gasteiger partial charge in [-0.1, -0.05) is 18.2 Å². The minimum Gasteiger partial charge on any atom is -0.325 e. The van der Waals surface area contributed by atoms with Crippen molar-refractivity contribution in [2.75, 3.05) is 0 Å². The van der Waals surface area contributed by atoms with E-state index in [1.165, 1.54) is 6.07 Å². The topological polar surface area (TPSA) is 17.8 Å². The van der Waals surface area contributed by atoms with Crippen LogP contribution in [0.4, 0.5) is 4.39 Å². The van der Waals surface area contributed by atoms with Crippen molar-refractivity contribution in [1.29, 1.82) is 0 Å². The molecule has 0 N–H and O–H groups in total. The molecule has 4 heteroatoms. The average Bonchev–Trinajstić information content (AvgIpc) is 2.63. The molecule has 0 aliphatic heterocycles. The zero-order chi connectivity index (χ0) is 10.7. The molecule has 0 unspecified atom stereocenters. The van der Waals surface area contributed by atoms with Gasteiger partial charge in [0.15, 0.2) is 4.73 Å². The first kappa shape index (κ1) is 10.4. The van der Waals surface area contributed by atoms with Crippen molar-refractivity contribution in [3.63, 3.8) is 0 Å². The lowest BCUT2D eigenvalue weighted by molar-refractivity contribution is 0.591. The van der Waals surface area contributed by atoms with Crippen LogP contribution in [0.15, 0.2) is 41.4 Å². The predicted molar refractivity (Wildman–Crippen MR) is 60.0 cm³/mol. The van der Waals surface area contributed by atoms with Gasteiger partial charge in [-0.2, -0.15) is 0 Å². The van der Waals surface area contributed by atoms with Crippen molar-refractivity contribution in [2.45, 2.75) is 13.0 Å². The molecule has 0 aliphatic rings. The van der Waals surface area contributed by atoms with Crippen LogP contribution in [-0.2, 0) is 13.0 Å². The molecule has 0 saturated carbocycles. The third kappa shape index (κ3) is 2.45. The van der Waals surface area contributed by atoms with Gasteiger partial charge in [-0.05, 0) is 34.0 Å². The monoisotopic (exact) mass is 268 g/mol. The van der Waals surface area contributed by atoms with E-state index in [0.717, 1.165) is 16.8 Å². The highest BCUT2D eigenvalue weighted by Crippen LogP contribution is 2.11. The normalized spacial score (nSPS) is 10.5. The number of imidazole rings is 1. The van der Waals surface area contributed by atoms with Crippen LogP contribution < -0.4 is 0 Å². The second-order valence-electron chi connectivity index (χ2n) is 3.23. The number of aromatic nitrogens is 2. The molecular formula is C11H10BrFN2. The Morgan fingerprint density at radius 3 is 2.80 bits per heavy atom. The second-order valence-corrected chi connectivity index (χ2v) is 3.94. The molecule has 1 heterocycles. The van der Waals surface area contributed by atoms with Gasteiger partial charge >= 0.3 is 0 Å². The van der Waals surface area contributed by atoms with E-state index >= 15 is 0 Å². The molecule has 2 aromatic rings. The van der Waals surface area contributed by atoms with Gasteiger partial charge in [0.1, 0.15) is 5.82 Å². The van der Waals surface area contributed by atoms with Crippen LogP contribution in [-0.4, -0.2) is 9.55 Å². The zero-order valence-corrected chi connectivity index (χ0v) is 9.61. The summed E-state index contributed by atoms with van der Waals surface area (Å²) in [5, 5.41) is 0. The Kier molecular flexibility index (Phi) is 3.16. The first-order valence-corrected chi connectivity index (χ1v) is 5.47. The van der Waals surface area contributed by atoms with Crippen LogP contribution in [0.25, 0.3) is 0 Å². The fourth-order valence-corrected chi connectivity index (χ4v) is 1.83. The van der Waals surface area contributed by atoms with Crippen LogP contribution in [0.5, 0.6) is 0 Å². The maximum absolute atomic E-state index is 13.3. The van der Waals surface area contributed by atoms with Crippen molar-refractivity contribution >= 4 is 15.9 Å². The molecule has 0 amide bonds. The minimum atomic E-state index is -0.145. The highest BCUT2D eigenvalue weighted by molar-refractivity contribution is 9.10. The number of halogens is 2. The number of rotatable bonds is 3. The van der Waals surface area contributed by atoms with Gasteiger partial charge in [-0.3, -0.25) is 0 Å². The Balaban J connectivity index is 2.06. The standard InChI is InChI=1S/C11H10BrFN2/c12-11-14-6-8-15(11)7-5-9-3-1-2-4-10(9)13/h1-4,6,8H,5,7H2. The SMILES string of the molecule is Fc1ccccc1CCn1ccnc1Br. The average molecular weight is 269 g/mol. The highest BCUT2D eigenvalue weighted by atomic mass is 79.9. The van der Waals surface area contributed by atoms with E-state index in [-0.39, 0.29) is 5.82 Å². The van der Waals surface area contributed by atoms with Crippen LogP contribution in [0.1, 0.15) is 5.56 Å². The molecule has 0 aliphatic carbocycles. The zero-order valence-electron chi connectivity index (χ0n) is 8.03. The lowest BCUT2D eigenvalue weighted by Gasteiger charge is -2.04. The molecule has 0 spiro atoms. The van der Waals surface area contributed by atoms with Crippen molar-refractivity contribution < 1.29 is 4.39 Å². The van der Waals surface area contributed by atoms with E-state index in [1.54, 1.807) is 18.3 Å². The Morgan fingerprint density at radius 2 is 2.13 bits per heavy atom. The third-order valence-electron chi connectivity index (χ3n) is 2.24. The molecule has 15 heavy (non-hydrogen) atoms. The Labute approximate surface area is 95.9 Å². The van der Waals surface area contributed by atoms with Crippen LogP contribution >= 0.6 is 15.9 Å². The summed E-state index contributed by atoms with van der Waals surface area (Å²) in [5.74, 6) is -0.145. The molecule has 2 rings (SSSR count).